The van der Waals surface area contributed by atoms with E-state index in [-0.39, 0.29) is 54.0 Å². The van der Waals surface area contributed by atoms with Crippen LogP contribution in [0.3, 0.4) is 0 Å². The number of thioether (sulfide) groups is 1. The number of benzene rings is 1. The molecular formula is C32H52NO13PS. The molecule has 0 spiro atoms. The van der Waals surface area contributed by atoms with E-state index in [4.69, 9.17) is 32.5 Å². The van der Waals surface area contributed by atoms with Crippen LogP contribution in [0.2, 0.25) is 0 Å². The maximum absolute atomic E-state index is 13.8. The van der Waals surface area contributed by atoms with Crippen molar-refractivity contribution in [2.24, 2.45) is 0 Å². The molecule has 0 saturated carbocycles. The lowest BCUT2D eigenvalue weighted by molar-refractivity contribution is -0.386. The number of phosphoric ester groups is 1. The van der Waals surface area contributed by atoms with Gasteiger partial charge in [0.15, 0.2) is 17.0 Å². The summed E-state index contributed by atoms with van der Waals surface area (Å²) >= 11 is 0.926. The molecule has 0 aromatic heterocycles. The lowest BCUT2D eigenvalue weighted by Gasteiger charge is -2.22. The van der Waals surface area contributed by atoms with Crippen molar-refractivity contribution < 1.29 is 56.4 Å². The van der Waals surface area contributed by atoms with Crippen LogP contribution in [0.15, 0.2) is 12.1 Å². The van der Waals surface area contributed by atoms with Gasteiger partial charge in [-0.3, -0.25) is 38.1 Å². The van der Waals surface area contributed by atoms with Gasteiger partial charge in [-0.15, -0.1) is 0 Å². The zero-order chi connectivity index (χ0) is 35.8. The number of nitrogens with zero attached hydrogens (tertiary/aromatic N) is 1. The fourth-order valence-corrected chi connectivity index (χ4v) is 6.16. The summed E-state index contributed by atoms with van der Waals surface area (Å²) in [4.78, 5) is 47.7. The minimum Gasteiger partial charge on any atom is -0.493 e. The lowest BCUT2D eigenvalue weighted by Crippen LogP contribution is -2.29. The molecule has 0 aliphatic heterocycles. The van der Waals surface area contributed by atoms with E-state index in [1.807, 2.05) is 0 Å². The molecule has 48 heavy (non-hydrogen) atoms. The maximum Gasteiger partial charge on any atom is 0.475 e. The van der Waals surface area contributed by atoms with E-state index in [1.54, 1.807) is 0 Å². The molecule has 1 aromatic rings. The van der Waals surface area contributed by atoms with E-state index in [0.717, 1.165) is 63.1 Å². The molecule has 2 atom stereocenters. The highest BCUT2D eigenvalue weighted by Crippen LogP contribution is 2.51. The van der Waals surface area contributed by atoms with E-state index in [2.05, 4.69) is 13.8 Å². The molecule has 1 rings (SSSR count). The van der Waals surface area contributed by atoms with Gasteiger partial charge in [-0.25, -0.2) is 4.57 Å². The Hall–Kier alpha value is -2.71. The first-order valence-corrected chi connectivity index (χ1v) is 18.8. The predicted octanol–water partition coefficient (Wildman–Crippen LogP) is 7.73. The number of phosphoric acid groups is 1. The average molecular weight is 722 g/mol. The quantitative estimate of drug-likeness (QED) is 0.0270. The number of hydrogen-bond acceptors (Lipinski definition) is 14. The minimum absolute atomic E-state index is 0.0119. The summed E-state index contributed by atoms with van der Waals surface area (Å²) in [5.41, 5.74) is -0.481. The van der Waals surface area contributed by atoms with Crippen molar-refractivity contribution in [1.82, 2.24) is 0 Å². The highest BCUT2D eigenvalue weighted by molar-refractivity contribution is 8.13. The second-order valence-electron chi connectivity index (χ2n) is 10.9. The topological polar surface area (TPSA) is 176 Å². The first-order valence-electron chi connectivity index (χ1n) is 16.4. The minimum atomic E-state index is -4.50. The molecule has 0 heterocycles. The van der Waals surface area contributed by atoms with E-state index >= 15 is 0 Å². The number of esters is 2. The maximum atomic E-state index is 13.8. The van der Waals surface area contributed by atoms with Crippen molar-refractivity contribution in [3.05, 3.63) is 27.8 Å². The van der Waals surface area contributed by atoms with Crippen LogP contribution in [0.5, 0.6) is 11.5 Å². The molecule has 0 bridgehead atoms. The van der Waals surface area contributed by atoms with Gasteiger partial charge in [0.25, 0.3) is 0 Å². The number of hydrogen-bond donors (Lipinski definition) is 0. The molecule has 0 amide bonds. The molecule has 14 nitrogen and oxygen atoms in total. The van der Waals surface area contributed by atoms with Crippen LogP contribution in [0.4, 0.5) is 5.69 Å². The predicted molar refractivity (Wildman–Crippen MR) is 181 cm³/mol. The summed E-state index contributed by atoms with van der Waals surface area (Å²) < 4.78 is 51.5. The van der Waals surface area contributed by atoms with Gasteiger partial charge in [-0.05, 0) is 25.0 Å². The number of rotatable bonds is 28. The zero-order valence-electron chi connectivity index (χ0n) is 28.9. The molecule has 274 valence electrons. The number of nitro benzene ring substituents is 1. The number of unbranched alkanes of at least 4 members (excludes halogenated alkanes) is 8. The monoisotopic (exact) mass is 721 g/mol. The van der Waals surface area contributed by atoms with Crippen molar-refractivity contribution in [3.8, 4) is 11.5 Å². The third kappa shape index (κ3) is 18.2. The van der Waals surface area contributed by atoms with Gasteiger partial charge in [0.2, 0.25) is 5.75 Å². The molecule has 1 aromatic carbocycles. The molecule has 16 heteroatoms. The Morgan fingerprint density at radius 3 is 2.04 bits per heavy atom. The summed E-state index contributed by atoms with van der Waals surface area (Å²) in [5, 5.41) is 11.7. The normalized spacial score (nSPS) is 12.9. The number of nitro groups is 1. The van der Waals surface area contributed by atoms with Crippen LogP contribution >= 0.6 is 19.6 Å². The lowest BCUT2D eigenvalue weighted by atomic mass is 10.1. The molecule has 1 unspecified atom stereocenters. The van der Waals surface area contributed by atoms with Crippen molar-refractivity contribution in [1.29, 1.82) is 0 Å². The Morgan fingerprint density at radius 2 is 1.48 bits per heavy atom. The second-order valence-corrected chi connectivity index (χ2v) is 13.8. The number of methoxy groups -OCH3 is 2. The number of ether oxygens (including phenoxy) is 4. The van der Waals surface area contributed by atoms with E-state index < -0.39 is 49.7 Å². The first-order chi connectivity index (χ1) is 23.0. The van der Waals surface area contributed by atoms with Crippen molar-refractivity contribution in [3.63, 3.8) is 0 Å². The summed E-state index contributed by atoms with van der Waals surface area (Å²) in [6, 6.07) is 2.78. The summed E-state index contributed by atoms with van der Waals surface area (Å²) in [6.07, 6.45) is 8.52. The number of carbonyl (C=O) groups excluding carboxylic acids is 3. The molecular weight excluding hydrogens is 669 g/mol. The van der Waals surface area contributed by atoms with E-state index in [1.165, 1.54) is 33.3 Å². The molecule has 0 aliphatic carbocycles. The first kappa shape index (κ1) is 43.3. The highest BCUT2D eigenvalue weighted by Gasteiger charge is 2.33. The van der Waals surface area contributed by atoms with Crippen LogP contribution in [0.25, 0.3) is 0 Å². The molecule has 0 fully saturated rings. The van der Waals surface area contributed by atoms with Crippen molar-refractivity contribution in [2.75, 3.05) is 39.8 Å². The van der Waals surface area contributed by atoms with Gasteiger partial charge >= 0.3 is 25.4 Å². The Bertz CT molecular complexity index is 1180. The van der Waals surface area contributed by atoms with Gasteiger partial charge in [0.1, 0.15) is 6.61 Å². The Morgan fingerprint density at radius 1 is 0.854 bits per heavy atom. The average Bonchev–Trinajstić information content (AvgIpc) is 3.06. The summed E-state index contributed by atoms with van der Waals surface area (Å²) in [7, 11) is -1.93. The molecule has 0 saturated heterocycles. The van der Waals surface area contributed by atoms with Crippen LogP contribution in [0.1, 0.15) is 103 Å². The Kier molecular flexibility index (Phi) is 22.8. The van der Waals surface area contributed by atoms with Gasteiger partial charge in [0.05, 0.1) is 44.5 Å². The summed E-state index contributed by atoms with van der Waals surface area (Å²) in [5.74, 6) is -0.937. The molecule has 0 aliphatic rings. The standard InChI is InChI=1S/C32H52NO13PS/c1-6-8-10-12-14-16-29(35)42-23-27(46-30(36)17-15-13-11-9-7-2)24-45-47(39,43-20-21-48-25(3)34)44-22-26-18-19-28(40-4)32(41-5)31(26)33(37)38/h18-19,27H,6-17,20-24H2,1-5H3/t27-,47?/m1/s1. The van der Waals surface area contributed by atoms with Crippen LogP contribution in [-0.4, -0.2) is 67.9 Å². The van der Waals surface area contributed by atoms with E-state index in [0.29, 0.717) is 12.8 Å². The fourth-order valence-electron chi connectivity index (χ4n) is 4.40. The van der Waals surface area contributed by atoms with Crippen LogP contribution in [0, 0.1) is 10.1 Å². The third-order valence-corrected chi connectivity index (χ3v) is 9.10. The third-order valence-electron chi connectivity index (χ3n) is 6.92. The van der Waals surface area contributed by atoms with Gasteiger partial charge in [0, 0.05) is 25.5 Å². The van der Waals surface area contributed by atoms with Crippen LogP contribution in [-0.2, 0) is 48.6 Å². The van der Waals surface area contributed by atoms with E-state index in [9.17, 15) is 29.1 Å². The largest absolute Gasteiger partial charge is 0.493 e. The molecule has 0 radical (unpaired) electrons. The van der Waals surface area contributed by atoms with Crippen LogP contribution < -0.4 is 9.47 Å². The highest BCUT2D eigenvalue weighted by atomic mass is 32.2. The SMILES string of the molecule is CCCCCCCC(=O)OC[C@H](COP(=O)(OCCSC(C)=O)OCc1ccc(OC)c(OC)c1[N+](=O)[O-])OC(=O)CCCCCCC. The van der Waals surface area contributed by atoms with Gasteiger partial charge in [-0.2, -0.15) is 0 Å². The zero-order valence-corrected chi connectivity index (χ0v) is 30.6. The van der Waals surface area contributed by atoms with Gasteiger partial charge < -0.3 is 18.9 Å². The van der Waals surface area contributed by atoms with Gasteiger partial charge in [-0.1, -0.05) is 77.0 Å². The molecule has 0 N–H and O–H groups in total. The second kappa shape index (κ2) is 25.3. The van der Waals surface area contributed by atoms with Crippen molar-refractivity contribution >= 4 is 42.3 Å². The number of carbonyl (C=O) groups is 3. The Balaban J connectivity index is 3.09. The summed E-state index contributed by atoms with van der Waals surface area (Å²) in [6.45, 7) is 3.85. The van der Waals surface area contributed by atoms with Crippen molar-refractivity contribution in [2.45, 2.75) is 111 Å². The fraction of sp³-hybridized carbons (Fsp3) is 0.719. The smallest absolute Gasteiger partial charge is 0.475 e. The Labute approximate surface area is 288 Å².